The van der Waals surface area contributed by atoms with E-state index in [1.54, 1.807) is 31.2 Å². The molecule has 2 N–H and O–H groups in total. The highest BCUT2D eigenvalue weighted by Gasteiger charge is 2.36. The second-order valence-electron chi connectivity index (χ2n) is 7.26. The molecule has 9 nitrogen and oxygen atoms in total. The summed E-state index contributed by atoms with van der Waals surface area (Å²) < 4.78 is 4.82. The predicted octanol–water partition coefficient (Wildman–Crippen LogP) is 2.27. The Balaban J connectivity index is 1.77. The molecule has 1 aliphatic rings. The van der Waals surface area contributed by atoms with Crippen molar-refractivity contribution in [2.75, 3.05) is 24.1 Å². The van der Waals surface area contributed by atoms with Gasteiger partial charge in [-0.25, -0.2) is 4.79 Å². The predicted molar refractivity (Wildman–Crippen MR) is 118 cm³/mol. The average molecular weight is 455 g/mol. The van der Waals surface area contributed by atoms with Gasteiger partial charge in [0.05, 0.1) is 42.3 Å². The molecule has 0 saturated carbocycles. The highest BCUT2D eigenvalue weighted by molar-refractivity contribution is 7.99. The molecule has 1 saturated heterocycles. The van der Waals surface area contributed by atoms with E-state index in [1.807, 2.05) is 6.07 Å². The van der Waals surface area contributed by atoms with Gasteiger partial charge in [-0.15, -0.1) is 11.8 Å². The maximum absolute atomic E-state index is 13.1. The summed E-state index contributed by atoms with van der Waals surface area (Å²) in [5.74, 6) is -0.829. The number of hydrogen-bond donors (Lipinski definition) is 2. The number of methoxy groups -OCH3 is 1. The van der Waals surface area contributed by atoms with Gasteiger partial charge in [0.25, 0.3) is 0 Å². The van der Waals surface area contributed by atoms with E-state index in [0.29, 0.717) is 28.4 Å². The van der Waals surface area contributed by atoms with Gasteiger partial charge in [-0.1, -0.05) is 0 Å². The van der Waals surface area contributed by atoms with Crippen molar-refractivity contribution in [2.24, 2.45) is 0 Å². The van der Waals surface area contributed by atoms with Gasteiger partial charge < -0.3 is 19.9 Å². The smallest absolute Gasteiger partial charge is 0.339 e. The molecule has 1 aromatic carbocycles. The summed E-state index contributed by atoms with van der Waals surface area (Å²) in [6.07, 6.45) is -0.181. The molecule has 32 heavy (non-hydrogen) atoms. The van der Waals surface area contributed by atoms with Crippen molar-refractivity contribution in [1.29, 1.82) is 5.26 Å². The molecule has 0 bridgehead atoms. The average Bonchev–Trinajstić information content (AvgIpc) is 3.39. The zero-order valence-corrected chi connectivity index (χ0v) is 18.7. The quantitative estimate of drug-likeness (QED) is 0.505. The fraction of sp³-hybridized carbons (Fsp3) is 0.318. The maximum atomic E-state index is 13.1. The van der Waals surface area contributed by atoms with Crippen LogP contribution in [0.2, 0.25) is 0 Å². The van der Waals surface area contributed by atoms with E-state index < -0.39 is 12.0 Å². The Hall–Kier alpha value is -3.58. The third kappa shape index (κ3) is 4.68. The second kappa shape index (κ2) is 9.70. The monoisotopic (exact) mass is 454 g/mol. The first-order valence-corrected chi connectivity index (χ1v) is 10.9. The topological polar surface area (TPSA) is 132 Å². The molecule has 0 aliphatic carbocycles. The molecular weight excluding hydrogens is 432 g/mol. The number of benzene rings is 1. The number of aromatic amines is 1. The van der Waals surface area contributed by atoms with Crippen molar-refractivity contribution in [1.82, 2.24) is 9.88 Å². The van der Waals surface area contributed by atoms with Crippen LogP contribution in [-0.4, -0.2) is 58.2 Å². The number of amides is 2. The Morgan fingerprint density at radius 2 is 1.97 bits per heavy atom. The molecule has 10 heteroatoms. The normalized spacial score (nSPS) is 15.2. The largest absolute Gasteiger partial charge is 0.465 e. The SMILES string of the molecule is COC(=O)c1c(CC(=O)N2CSCC2C(=O)Nc2ccc(C#N)cc2)[nH]c(C(C)=O)c1C. The lowest BCUT2D eigenvalue weighted by Crippen LogP contribution is -2.45. The van der Waals surface area contributed by atoms with Crippen molar-refractivity contribution < 1.29 is 23.9 Å². The Morgan fingerprint density at radius 1 is 1.28 bits per heavy atom. The first-order valence-electron chi connectivity index (χ1n) is 9.75. The minimum Gasteiger partial charge on any atom is -0.465 e. The van der Waals surface area contributed by atoms with Crippen molar-refractivity contribution in [3.05, 3.63) is 52.3 Å². The van der Waals surface area contributed by atoms with Crippen LogP contribution in [0, 0.1) is 18.3 Å². The summed E-state index contributed by atoms with van der Waals surface area (Å²) in [5.41, 5.74) is 2.13. The van der Waals surface area contributed by atoms with Crippen molar-refractivity contribution in [2.45, 2.75) is 26.3 Å². The van der Waals surface area contributed by atoms with Crippen molar-refractivity contribution in [3.63, 3.8) is 0 Å². The van der Waals surface area contributed by atoms with Crippen LogP contribution in [0.25, 0.3) is 0 Å². The molecule has 1 atom stereocenters. The number of carbonyl (C=O) groups excluding carboxylic acids is 4. The lowest BCUT2D eigenvalue weighted by molar-refractivity contribution is -0.135. The van der Waals surface area contributed by atoms with E-state index in [-0.39, 0.29) is 41.0 Å². The fourth-order valence-electron chi connectivity index (χ4n) is 3.53. The van der Waals surface area contributed by atoms with Crippen LogP contribution < -0.4 is 5.32 Å². The number of nitrogens with zero attached hydrogens (tertiary/aromatic N) is 2. The summed E-state index contributed by atoms with van der Waals surface area (Å²) in [7, 11) is 1.23. The third-order valence-corrected chi connectivity index (χ3v) is 6.20. The molecule has 166 valence electrons. The Bertz CT molecular complexity index is 1120. The van der Waals surface area contributed by atoms with Gasteiger partial charge in [0.15, 0.2) is 5.78 Å². The minimum absolute atomic E-state index is 0.163. The summed E-state index contributed by atoms with van der Waals surface area (Å²) in [5, 5.41) is 11.7. The van der Waals surface area contributed by atoms with Crippen LogP contribution in [0.15, 0.2) is 24.3 Å². The number of ether oxygens (including phenoxy) is 1. The molecule has 2 amide bonds. The standard InChI is InChI=1S/C22H22N4O5S/c1-12-19(22(30)31-3)16(25-20(12)13(2)27)8-18(28)26-11-32-10-17(26)21(29)24-15-6-4-14(9-23)5-7-15/h4-7,17,25H,8,10-11H2,1-3H3,(H,24,29). The molecule has 0 spiro atoms. The van der Waals surface area contributed by atoms with Crippen LogP contribution in [-0.2, 0) is 20.7 Å². The summed E-state index contributed by atoms with van der Waals surface area (Å²) >= 11 is 1.45. The lowest BCUT2D eigenvalue weighted by Gasteiger charge is -2.23. The number of carbonyl (C=O) groups is 4. The molecule has 0 radical (unpaired) electrons. The number of anilines is 1. The van der Waals surface area contributed by atoms with Crippen molar-refractivity contribution >= 4 is 41.0 Å². The van der Waals surface area contributed by atoms with Gasteiger partial charge in [0.1, 0.15) is 6.04 Å². The first-order chi connectivity index (χ1) is 15.3. The van der Waals surface area contributed by atoms with E-state index in [2.05, 4.69) is 10.3 Å². The van der Waals surface area contributed by atoms with Gasteiger partial charge in [0, 0.05) is 24.1 Å². The van der Waals surface area contributed by atoms with Gasteiger partial charge in [-0.3, -0.25) is 14.4 Å². The van der Waals surface area contributed by atoms with Crippen molar-refractivity contribution in [3.8, 4) is 6.07 Å². The Labute approximate surface area is 189 Å². The molecule has 1 fully saturated rings. The van der Waals surface area contributed by atoms with E-state index >= 15 is 0 Å². The van der Waals surface area contributed by atoms with Crippen LogP contribution >= 0.6 is 11.8 Å². The molecule has 2 heterocycles. The zero-order valence-electron chi connectivity index (χ0n) is 17.9. The molecular formula is C22H22N4O5S. The maximum Gasteiger partial charge on any atom is 0.339 e. The van der Waals surface area contributed by atoms with Crippen LogP contribution in [0.4, 0.5) is 5.69 Å². The number of aromatic nitrogens is 1. The molecule has 1 aromatic heterocycles. The van der Waals surface area contributed by atoms with E-state index in [1.165, 1.54) is 30.7 Å². The van der Waals surface area contributed by atoms with Gasteiger partial charge in [-0.2, -0.15) is 5.26 Å². The van der Waals surface area contributed by atoms with Gasteiger partial charge in [0.2, 0.25) is 11.8 Å². The van der Waals surface area contributed by atoms with Gasteiger partial charge in [-0.05, 0) is 36.8 Å². The Kier molecular flexibility index (Phi) is 7.00. The number of hydrogen-bond acceptors (Lipinski definition) is 7. The molecule has 2 aromatic rings. The number of esters is 1. The highest BCUT2D eigenvalue weighted by Crippen LogP contribution is 2.26. The summed E-state index contributed by atoms with van der Waals surface area (Å²) in [6.45, 7) is 2.99. The Morgan fingerprint density at radius 3 is 2.56 bits per heavy atom. The number of thioether (sulfide) groups is 1. The summed E-state index contributed by atoms with van der Waals surface area (Å²) in [4.78, 5) is 54.3. The number of nitrogens with one attached hydrogen (secondary N) is 2. The van der Waals surface area contributed by atoms with Gasteiger partial charge >= 0.3 is 5.97 Å². The summed E-state index contributed by atoms with van der Waals surface area (Å²) in [6, 6.07) is 7.76. The van der Waals surface area contributed by atoms with E-state index in [4.69, 9.17) is 10.00 Å². The molecule has 1 unspecified atom stereocenters. The fourth-order valence-corrected chi connectivity index (χ4v) is 4.71. The van der Waals surface area contributed by atoms with Crippen LogP contribution in [0.1, 0.15) is 44.6 Å². The number of rotatable bonds is 6. The number of H-pyrrole nitrogens is 1. The number of Topliss-reactive ketones (excluding diaryl/α,β-unsaturated/α-hetero) is 1. The first kappa shape index (κ1) is 23.1. The molecule has 3 rings (SSSR count). The minimum atomic E-state index is -0.687. The van der Waals surface area contributed by atoms with E-state index in [0.717, 1.165) is 0 Å². The van der Waals surface area contributed by atoms with Crippen LogP contribution in [0.5, 0.6) is 0 Å². The lowest BCUT2D eigenvalue weighted by atomic mass is 10.1. The highest BCUT2D eigenvalue weighted by atomic mass is 32.2. The third-order valence-electron chi connectivity index (χ3n) is 5.18. The molecule has 1 aliphatic heterocycles. The zero-order chi connectivity index (χ0) is 23.4. The second-order valence-corrected chi connectivity index (χ2v) is 8.26. The number of nitriles is 1. The number of ketones is 1. The van der Waals surface area contributed by atoms with E-state index in [9.17, 15) is 19.2 Å². The van der Waals surface area contributed by atoms with Crippen LogP contribution in [0.3, 0.4) is 0 Å².